The third-order valence-electron chi connectivity index (χ3n) is 9.20. The number of carbonyl (C=O) groups excluding carboxylic acids is 3. The van der Waals surface area contributed by atoms with Crippen molar-refractivity contribution in [3.05, 3.63) is 118 Å². The molecule has 0 unspecified atom stereocenters. The largest absolute Gasteiger partial charge is 0.484 e. The van der Waals surface area contributed by atoms with Gasteiger partial charge < -0.3 is 15.0 Å². The summed E-state index contributed by atoms with van der Waals surface area (Å²) in [5, 5.41) is 3.39. The topological polar surface area (TPSA) is 75.7 Å². The second kappa shape index (κ2) is 12.6. The Morgan fingerprint density at radius 3 is 1.93 bits per heavy atom. The molecule has 6 rings (SSSR count). The molecule has 1 amide bonds. The number of halogens is 1. The molecule has 46 heavy (non-hydrogen) atoms. The van der Waals surface area contributed by atoms with E-state index in [1.807, 2.05) is 30.3 Å². The lowest BCUT2D eigenvalue weighted by Crippen LogP contribution is -2.45. The van der Waals surface area contributed by atoms with Gasteiger partial charge in [0.2, 0.25) is 0 Å². The van der Waals surface area contributed by atoms with E-state index in [2.05, 4.69) is 62.2 Å². The van der Waals surface area contributed by atoms with Gasteiger partial charge in [-0.1, -0.05) is 81.8 Å². The lowest BCUT2D eigenvalue weighted by molar-refractivity contribution is -0.120. The van der Waals surface area contributed by atoms with Gasteiger partial charge in [-0.3, -0.25) is 14.4 Å². The zero-order valence-electron chi connectivity index (χ0n) is 27.0. The standard InChI is InChI=1S/C39H41ClN2O4/c1-38(2)20-30-36(32(43)22-38)35(26-10-16-29(17-11-26)46-24-34(45)41-28-14-12-27(40)13-15-28)37-31(21-39(3,4)23-33(37)44)42(30)19-18-25-8-6-5-7-9-25/h5-17,35H,18-24H2,1-4H3,(H,41,45). The Kier molecular flexibility index (Phi) is 8.68. The second-order valence-corrected chi connectivity index (χ2v) is 14.8. The Hall–Kier alpha value is -4.16. The van der Waals surface area contributed by atoms with Crippen LogP contribution in [0.5, 0.6) is 5.75 Å². The Labute approximate surface area is 276 Å². The summed E-state index contributed by atoms with van der Waals surface area (Å²) in [6.07, 6.45) is 3.26. The van der Waals surface area contributed by atoms with E-state index in [9.17, 15) is 14.4 Å². The van der Waals surface area contributed by atoms with E-state index in [0.717, 1.165) is 47.4 Å². The molecule has 0 radical (unpaired) electrons. The van der Waals surface area contributed by atoms with Crippen LogP contribution in [0.15, 0.2) is 101 Å². The molecular formula is C39H41ClN2O4. The molecule has 3 aromatic rings. The highest BCUT2D eigenvalue weighted by Gasteiger charge is 2.48. The number of hydrogen-bond acceptors (Lipinski definition) is 5. The predicted molar refractivity (Wildman–Crippen MR) is 182 cm³/mol. The number of ketones is 2. The highest BCUT2D eigenvalue weighted by molar-refractivity contribution is 6.30. The van der Waals surface area contributed by atoms with Gasteiger partial charge in [-0.2, -0.15) is 0 Å². The van der Waals surface area contributed by atoms with Crippen molar-refractivity contribution in [1.82, 2.24) is 4.90 Å². The first-order valence-corrected chi connectivity index (χ1v) is 16.4. The number of allylic oxidation sites excluding steroid dienone is 4. The van der Waals surface area contributed by atoms with Crippen molar-refractivity contribution in [3.63, 3.8) is 0 Å². The highest BCUT2D eigenvalue weighted by Crippen LogP contribution is 2.54. The van der Waals surface area contributed by atoms with Crippen molar-refractivity contribution in [2.45, 2.75) is 65.7 Å². The van der Waals surface area contributed by atoms with Gasteiger partial charge in [0.15, 0.2) is 18.2 Å². The molecule has 0 aromatic heterocycles. The number of benzene rings is 3. The first-order chi connectivity index (χ1) is 21.9. The average molecular weight is 637 g/mol. The van der Waals surface area contributed by atoms with Crippen LogP contribution in [0.25, 0.3) is 0 Å². The molecule has 0 fully saturated rings. The summed E-state index contributed by atoms with van der Waals surface area (Å²) in [4.78, 5) is 43.0. The SMILES string of the molecule is CC1(C)CC(=O)C2=C(C1)N(CCc1ccccc1)C1=C(C(=O)CC(C)(C)C1)C2c1ccc(OCC(=O)Nc2ccc(Cl)cc2)cc1. The maximum absolute atomic E-state index is 14.1. The second-order valence-electron chi connectivity index (χ2n) is 14.3. The minimum atomic E-state index is -0.424. The lowest BCUT2D eigenvalue weighted by atomic mass is 9.63. The molecule has 0 atom stereocenters. The summed E-state index contributed by atoms with van der Waals surface area (Å²) in [6.45, 7) is 9.20. The summed E-state index contributed by atoms with van der Waals surface area (Å²) in [7, 11) is 0. The van der Waals surface area contributed by atoms with Crippen molar-refractivity contribution in [2.24, 2.45) is 10.8 Å². The number of rotatable bonds is 8. The van der Waals surface area contributed by atoms with Gasteiger partial charge in [-0.05, 0) is 77.6 Å². The van der Waals surface area contributed by atoms with Crippen molar-refractivity contribution in [2.75, 3.05) is 18.5 Å². The third-order valence-corrected chi connectivity index (χ3v) is 9.45. The molecule has 0 saturated carbocycles. The number of ether oxygens (including phenoxy) is 1. The van der Waals surface area contributed by atoms with Crippen LogP contribution >= 0.6 is 11.6 Å². The Balaban J connectivity index is 1.32. The number of Topliss-reactive ketones (excluding diaryl/α,β-unsaturated/α-hetero) is 2. The molecule has 1 aliphatic heterocycles. The first-order valence-electron chi connectivity index (χ1n) is 16.0. The summed E-state index contributed by atoms with van der Waals surface area (Å²) < 4.78 is 5.80. The van der Waals surface area contributed by atoms with E-state index >= 15 is 0 Å². The zero-order chi connectivity index (χ0) is 32.6. The summed E-state index contributed by atoms with van der Waals surface area (Å²) in [6, 6.07) is 24.8. The van der Waals surface area contributed by atoms with E-state index < -0.39 is 5.92 Å². The average Bonchev–Trinajstić information content (AvgIpc) is 2.99. The Morgan fingerprint density at radius 1 is 0.804 bits per heavy atom. The minimum Gasteiger partial charge on any atom is -0.484 e. The van der Waals surface area contributed by atoms with Gasteiger partial charge in [0.1, 0.15) is 5.75 Å². The molecule has 0 spiro atoms. The molecular weight excluding hydrogens is 596 g/mol. The van der Waals surface area contributed by atoms with Crippen LogP contribution in [0.2, 0.25) is 5.02 Å². The number of nitrogens with one attached hydrogen (secondary N) is 1. The molecule has 3 aliphatic rings. The maximum atomic E-state index is 14.1. The van der Waals surface area contributed by atoms with Gasteiger partial charge in [0.25, 0.3) is 5.91 Å². The van der Waals surface area contributed by atoms with Crippen LogP contribution in [-0.2, 0) is 20.8 Å². The minimum absolute atomic E-state index is 0.115. The van der Waals surface area contributed by atoms with Crippen LogP contribution < -0.4 is 10.1 Å². The summed E-state index contributed by atoms with van der Waals surface area (Å²) >= 11 is 5.94. The first kappa shape index (κ1) is 31.8. The van der Waals surface area contributed by atoms with Gasteiger partial charge in [-0.15, -0.1) is 0 Å². The van der Waals surface area contributed by atoms with E-state index in [4.69, 9.17) is 16.3 Å². The molecule has 2 aliphatic carbocycles. The van der Waals surface area contributed by atoms with Crippen LogP contribution in [0, 0.1) is 10.8 Å². The number of amides is 1. The zero-order valence-corrected chi connectivity index (χ0v) is 27.7. The van der Waals surface area contributed by atoms with Gasteiger partial charge >= 0.3 is 0 Å². The number of carbonyl (C=O) groups is 3. The van der Waals surface area contributed by atoms with E-state index in [0.29, 0.717) is 35.8 Å². The number of hydrogen-bond donors (Lipinski definition) is 1. The molecule has 6 nitrogen and oxygen atoms in total. The van der Waals surface area contributed by atoms with Gasteiger partial charge in [-0.25, -0.2) is 0 Å². The molecule has 1 N–H and O–H groups in total. The third kappa shape index (κ3) is 6.82. The van der Waals surface area contributed by atoms with Gasteiger partial charge in [0, 0.05) is 58.6 Å². The van der Waals surface area contributed by atoms with Crippen LogP contribution in [-0.4, -0.2) is 35.5 Å². The Bertz CT molecular complexity index is 1670. The fraction of sp³-hybridized carbons (Fsp3) is 0.359. The Morgan fingerprint density at radius 2 is 1.37 bits per heavy atom. The fourth-order valence-electron chi connectivity index (χ4n) is 7.17. The normalized spacial score (nSPS) is 19.1. The van der Waals surface area contributed by atoms with Crippen LogP contribution in [0.1, 0.15) is 70.4 Å². The molecule has 0 saturated heterocycles. The summed E-state index contributed by atoms with van der Waals surface area (Å²) in [5.41, 5.74) is 6.04. The monoisotopic (exact) mass is 636 g/mol. The van der Waals surface area contributed by atoms with Crippen molar-refractivity contribution >= 4 is 34.8 Å². The van der Waals surface area contributed by atoms with E-state index in [1.165, 1.54) is 5.56 Å². The highest BCUT2D eigenvalue weighted by atomic mass is 35.5. The van der Waals surface area contributed by atoms with Crippen LogP contribution in [0.3, 0.4) is 0 Å². The smallest absolute Gasteiger partial charge is 0.262 e. The molecule has 1 heterocycles. The summed E-state index contributed by atoms with van der Waals surface area (Å²) in [5.74, 6) is 0.0525. The fourth-order valence-corrected chi connectivity index (χ4v) is 7.30. The lowest BCUT2D eigenvalue weighted by Gasteiger charge is -2.49. The molecule has 0 bridgehead atoms. The van der Waals surface area contributed by atoms with Gasteiger partial charge in [0.05, 0.1) is 0 Å². The number of anilines is 1. The van der Waals surface area contributed by atoms with E-state index in [1.54, 1.807) is 24.3 Å². The van der Waals surface area contributed by atoms with Crippen molar-refractivity contribution < 1.29 is 19.1 Å². The van der Waals surface area contributed by atoms with E-state index in [-0.39, 0.29) is 34.9 Å². The quantitative estimate of drug-likeness (QED) is 0.269. The maximum Gasteiger partial charge on any atom is 0.262 e. The molecule has 7 heteroatoms. The molecule has 238 valence electrons. The van der Waals surface area contributed by atoms with Crippen molar-refractivity contribution in [1.29, 1.82) is 0 Å². The molecule has 3 aromatic carbocycles. The predicted octanol–water partition coefficient (Wildman–Crippen LogP) is 8.29. The van der Waals surface area contributed by atoms with Crippen LogP contribution in [0.4, 0.5) is 5.69 Å². The van der Waals surface area contributed by atoms with Crippen molar-refractivity contribution in [3.8, 4) is 5.75 Å². The number of nitrogens with zero attached hydrogens (tertiary/aromatic N) is 1.